The lowest BCUT2D eigenvalue weighted by atomic mass is 9.87. The second-order valence-electron chi connectivity index (χ2n) is 6.48. The summed E-state index contributed by atoms with van der Waals surface area (Å²) in [6.07, 6.45) is 0.600. The smallest absolute Gasteiger partial charge is 0.374 e. The summed E-state index contributed by atoms with van der Waals surface area (Å²) in [5.41, 5.74) is 1.59. The fraction of sp³-hybridized carbons (Fsp3) is 0.438. The number of fused-ring (bicyclic) bond motifs is 2. The Bertz CT molecular complexity index is 692. The van der Waals surface area contributed by atoms with E-state index in [1.165, 1.54) is 0 Å². The lowest BCUT2D eigenvalue weighted by Crippen LogP contribution is -2.52. The Labute approximate surface area is 122 Å². The van der Waals surface area contributed by atoms with Gasteiger partial charge in [0.1, 0.15) is 18.0 Å². The quantitative estimate of drug-likeness (QED) is 0.743. The van der Waals surface area contributed by atoms with Crippen molar-refractivity contribution in [2.75, 3.05) is 11.9 Å². The van der Waals surface area contributed by atoms with Crippen LogP contribution in [0.5, 0.6) is 5.75 Å². The number of hydrogen-bond donors (Lipinski definition) is 1. The van der Waals surface area contributed by atoms with Crippen LogP contribution in [0, 0.1) is 6.92 Å². The molecule has 5 heteroatoms. The summed E-state index contributed by atoms with van der Waals surface area (Å²) in [7, 11) is 0. The van der Waals surface area contributed by atoms with E-state index in [1.54, 1.807) is 0 Å². The minimum Gasteiger partial charge on any atom is -0.480 e. The average Bonchev–Trinajstić information content (AvgIpc) is 2.90. The molecule has 1 aromatic carbocycles. The van der Waals surface area contributed by atoms with Crippen LogP contribution in [0.4, 0.5) is 5.69 Å². The van der Waals surface area contributed by atoms with E-state index in [4.69, 9.17) is 14.2 Å². The lowest BCUT2D eigenvalue weighted by molar-refractivity contribution is -0.142. The number of carbonyl (C=O) groups is 1. The van der Waals surface area contributed by atoms with E-state index in [9.17, 15) is 4.79 Å². The first kappa shape index (κ1) is 12.6. The molecule has 1 N–H and O–H groups in total. The van der Waals surface area contributed by atoms with Crippen LogP contribution in [0.2, 0.25) is 0 Å². The molecule has 1 unspecified atom stereocenters. The zero-order valence-corrected chi connectivity index (χ0v) is 12.3. The van der Waals surface area contributed by atoms with Gasteiger partial charge in [-0.2, -0.15) is 0 Å². The van der Waals surface area contributed by atoms with Crippen molar-refractivity contribution in [3.63, 3.8) is 0 Å². The van der Waals surface area contributed by atoms with Crippen LogP contribution in [0.3, 0.4) is 0 Å². The SMILES string of the molecule is Cc1ccc2c(c1)NC1(CC(C)(C)OC3=C1COC3=O)O2. The molecule has 0 saturated heterocycles. The largest absolute Gasteiger partial charge is 0.480 e. The van der Waals surface area contributed by atoms with Gasteiger partial charge < -0.3 is 19.5 Å². The summed E-state index contributed by atoms with van der Waals surface area (Å²) in [6.45, 7) is 6.14. The Kier molecular flexibility index (Phi) is 2.23. The summed E-state index contributed by atoms with van der Waals surface area (Å²) < 4.78 is 17.2. The Morgan fingerprint density at radius 1 is 1.24 bits per heavy atom. The highest BCUT2D eigenvalue weighted by atomic mass is 16.6. The molecule has 0 radical (unpaired) electrons. The van der Waals surface area contributed by atoms with Crippen molar-refractivity contribution in [1.29, 1.82) is 0 Å². The monoisotopic (exact) mass is 287 g/mol. The number of esters is 1. The molecule has 21 heavy (non-hydrogen) atoms. The number of cyclic esters (lactones) is 1. The number of hydrogen-bond acceptors (Lipinski definition) is 5. The van der Waals surface area contributed by atoms with E-state index < -0.39 is 17.3 Å². The first-order chi connectivity index (χ1) is 9.89. The molecule has 5 nitrogen and oxygen atoms in total. The zero-order valence-electron chi connectivity index (χ0n) is 12.3. The third kappa shape index (κ3) is 1.73. The van der Waals surface area contributed by atoms with Crippen LogP contribution in [-0.2, 0) is 14.3 Å². The highest BCUT2D eigenvalue weighted by Crippen LogP contribution is 2.49. The van der Waals surface area contributed by atoms with Crippen molar-refractivity contribution in [2.45, 2.75) is 38.5 Å². The van der Waals surface area contributed by atoms with E-state index in [0.29, 0.717) is 12.2 Å². The second-order valence-corrected chi connectivity index (χ2v) is 6.48. The van der Waals surface area contributed by atoms with Crippen LogP contribution in [0.15, 0.2) is 29.5 Å². The highest BCUT2D eigenvalue weighted by Gasteiger charge is 2.56. The molecule has 3 heterocycles. The van der Waals surface area contributed by atoms with Crippen molar-refractivity contribution >= 4 is 11.7 Å². The van der Waals surface area contributed by atoms with Gasteiger partial charge in [-0.05, 0) is 38.5 Å². The molecule has 0 aromatic heterocycles. The van der Waals surface area contributed by atoms with Gasteiger partial charge in [0.2, 0.25) is 11.5 Å². The summed E-state index contributed by atoms with van der Waals surface area (Å²) in [4.78, 5) is 11.9. The molecule has 1 spiro atoms. The van der Waals surface area contributed by atoms with Crippen LogP contribution in [-0.4, -0.2) is 23.9 Å². The standard InChI is InChI=1S/C16H17NO4/c1-9-4-5-12-11(6-9)17-16(20-12)8-15(2,3)21-13-10(16)7-19-14(13)18/h4-6,17H,7-8H2,1-3H3. The Balaban J connectivity index is 1.83. The maximum atomic E-state index is 11.9. The van der Waals surface area contributed by atoms with Gasteiger partial charge in [0.05, 0.1) is 17.7 Å². The number of aryl methyl sites for hydroxylation is 1. The molecular weight excluding hydrogens is 270 g/mol. The number of anilines is 1. The van der Waals surface area contributed by atoms with E-state index in [0.717, 1.165) is 22.6 Å². The third-order valence-electron chi connectivity index (χ3n) is 4.10. The number of benzene rings is 1. The number of rotatable bonds is 0. The van der Waals surface area contributed by atoms with Gasteiger partial charge in [0.15, 0.2) is 0 Å². The molecule has 3 aliphatic heterocycles. The number of carbonyl (C=O) groups excluding carboxylic acids is 1. The lowest BCUT2D eigenvalue weighted by Gasteiger charge is -2.41. The molecule has 110 valence electrons. The molecule has 0 fully saturated rings. The fourth-order valence-electron chi connectivity index (χ4n) is 3.29. The maximum Gasteiger partial charge on any atom is 0.374 e. The number of ether oxygens (including phenoxy) is 3. The predicted octanol–water partition coefficient (Wildman–Crippen LogP) is 2.51. The van der Waals surface area contributed by atoms with Gasteiger partial charge in [0, 0.05) is 0 Å². The maximum absolute atomic E-state index is 11.9. The minimum atomic E-state index is -0.751. The van der Waals surface area contributed by atoms with Gasteiger partial charge in [-0.25, -0.2) is 4.79 Å². The molecule has 1 atom stereocenters. The minimum absolute atomic E-state index is 0.213. The van der Waals surface area contributed by atoms with Crippen molar-refractivity contribution in [2.24, 2.45) is 0 Å². The van der Waals surface area contributed by atoms with Crippen molar-refractivity contribution in [1.82, 2.24) is 0 Å². The van der Waals surface area contributed by atoms with Crippen LogP contribution in [0.1, 0.15) is 25.8 Å². The first-order valence-electron chi connectivity index (χ1n) is 7.06. The Morgan fingerprint density at radius 2 is 2.05 bits per heavy atom. The topological polar surface area (TPSA) is 56.8 Å². The van der Waals surface area contributed by atoms with E-state index in [2.05, 4.69) is 5.32 Å². The predicted molar refractivity (Wildman–Crippen MR) is 75.9 cm³/mol. The number of nitrogens with one attached hydrogen (secondary N) is 1. The molecular formula is C16H17NO4. The molecule has 4 rings (SSSR count). The van der Waals surface area contributed by atoms with Crippen molar-refractivity contribution in [3.8, 4) is 5.75 Å². The van der Waals surface area contributed by atoms with Crippen molar-refractivity contribution < 1.29 is 19.0 Å². The summed E-state index contributed by atoms with van der Waals surface area (Å²) in [5.74, 6) is 0.683. The molecule has 0 aliphatic carbocycles. The fourth-order valence-corrected chi connectivity index (χ4v) is 3.29. The third-order valence-corrected chi connectivity index (χ3v) is 4.10. The zero-order chi connectivity index (χ0) is 14.8. The van der Waals surface area contributed by atoms with Gasteiger partial charge in [0.25, 0.3) is 0 Å². The Morgan fingerprint density at radius 3 is 2.86 bits per heavy atom. The summed E-state index contributed by atoms with van der Waals surface area (Å²) >= 11 is 0. The van der Waals surface area contributed by atoms with Gasteiger partial charge in [-0.15, -0.1) is 0 Å². The first-order valence-corrected chi connectivity index (χ1v) is 7.06. The van der Waals surface area contributed by atoms with E-state index in [-0.39, 0.29) is 6.61 Å². The Hall–Kier alpha value is -2.17. The highest BCUT2D eigenvalue weighted by molar-refractivity contribution is 5.91. The molecule has 0 amide bonds. The van der Waals surface area contributed by atoms with Crippen LogP contribution >= 0.6 is 0 Å². The van der Waals surface area contributed by atoms with Gasteiger partial charge in [-0.1, -0.05) is 6.07 Å². The van der Waals surface area contributed by atoms with Gasteiger partial charge in [-0.3, -0.25) is 0 Å². The van der Waals surface area contributed by atoms with E-state index in [1.807, 2.05) is 39.0 Å². The van der Waals surface area contributed by atoms with Crippen LogP contribution < -0.4 is 10.1 Å². The van der Waals surface area contributed by atoms with Crippen LogP contribution in [0.25, 0.3) is 0 Å². The normalized spacial score (nSPS) is 28.4. The van der Waals surface area contributed by atoms with Gasteiger partial charge >= 0.3 is 5.97 Å². The summed E-state index contributed by atoms with van der Waals surface area (Å²) in [6, 6.07) is 6.01. The second kappa shape index (κ2) is 3.72. The van der Waals surface area contributed by atoms with Crippen molar-refractivity contribution in [3.05, 3.63) is 35.1 Å². The van der Waals surface area contributed by atoms with E-state index >= 15 is 0 Å². The molecule has 0 saturated carbocycles. The molecule has 0 bridgehead atoms. The molecule has 3 aliphatic rings. The average molecular weight is 287 g/mol. The summed E-state index contributed by atoms with van der Waals surface area (Å²) in [5, 5.41) is 3.45. The molecule has 1 aromatic rings.